The van der Waals surface area contributed by atoms with Gasteiger partial charge in [0.25, 0.3) is 0 Å². The van der Waals surface area contributed by atoms with Gasteiger partial charge in [-0.25, -0.2) is 4.99 Å². The molecule has 0 aliphatic rings. The first kappa shape index (κ1) is 18.6. The minimum Gasteiger partial charge on any atom is -0.405 e. The summed E-state index contributed by atoms with van der Waals surface area (Å²) in [6.45, 7) is 2.90. The standard InChI is InChI=1S/C15H19F3N6O/c1-3-19-14(21-9-13-23-22-10-24(13)2)20-8-11-6-4-5-7-12(11)25-15(16,17)18/h4-7,10H,3,8-9H2,1-2H3,(H2,19,20,21). The van der Waals surface area contributed by atoms with Crippen LogP contribution in [0.4, 0.5) is 13.2 Å². The van der Waals surface area contributed by atoms with Crippen LogP contribution in [0.5, 0.6) is 5.75 Å². The van der Waals surface area contributed by atoms with Gasteiger partial charge >= 0.3 is 6.36 Å². The first-order chi connectivity index (χ1) is 11.9. The molecule has 1 heterocycles. The Morgan fingerprint density at radius 1 is 1.28 bits per heavy atom. The molecule has 136 valence electrons. The molecule has 2 aromatic rings. The van der Waals surface area contributed by atoms with Crippen molar-refractivity contribution < 1.29 is 17.9 Å². The smallest absolute Gasteiger partial charge is 0.405 e. The highest BCUT2D eigenvalue weighted by molar-refractivity contribution is 5.79. The molecule has 1 aromatic heterocycles. The van der Waals surface area contributed by atoms with Crippen LogP contribution in [0.2, 0.25) is 0 Å². The second-order valence-electron chi connectivity index (χ2n) is 5.06. The third kappa shape index (κ3) is 5.98. The summed E-state index contributed by atoms with van der Waals surface area (Å²) < 4.78 is 43.2. The highest BCUT2D eigenvalue weighted by Crippen LogP contribution is 2.26. The van der Waals surface area contributed by atoms with Crippen molar-refractivity contribution in [3.63, 3.8) is 0 Å². The number of aliphatic imine (C=N–C) groups is 1. The maximum atomic E-state index is 12.5. The Labute approximate surface area is 142 Å². The number of para-hydroxylation sites is 1. The number of nitrogens with zero attached hydrogens (tertiary/aromatic N) is 4. The lowest BCUT2D eigenvalue weighted by molar-refractivity contribution is -0.274. The molecule has 2 N–H and O–H groups in total. The number of nitrogens with one attached hydrogen (secondary N) is 2. The predicted octanol–water partition coefficient (Wildman–Crippen LogP) is 1.97. The summed E-state index contributed by atoms with van der Waals surface area (Å²) >= 11 is 0. The lowest BCUT2D eigenvalue weighted by Gasteiger charge is -2.13. The van der Waals surface area contributed by atoms with Crippen molar-refractivity contribution in [2.24, 2.45) is 12.0 Å². The molecule has 0 bridgehead atoms. The number of rotatable bonds is 6. The first-order valence-electron chi connectivity index (χ1n) is 7.57. The van der Waals surface area contributed by atoms with Crippen LogP contribution in [-0.4, -0.2) is 33.6 Å². The summed E-state index contributed by atoms with van der Waals surface area (Å²) in [4.78, 5) is 4.29. The van der Waals surface area contributed by atoms with Crippen molar-refractivity contribution in [1.29, 1.82) is 0 Å². The van der Waals surface area contributed by atoms with Crippen LogP contribution in [0.3, 0.4) is 0 Å². The second kappa shape index (κ2) is 8.36. The molecule has 0 spiro atoms. The minimum atomic E-state index is -4.74. The molecule has 25 heavy (non-hydrogen) atoms. The molecule has 7 nitrogen and oxygen atoms in total. The second-order valence-corrected chi connectivity index (χ2v) is 5.06. The SMILES string of the molecule is CCNC(=NCc1ccccc1OC(F)(F)F)NCc1nncn1C. The van der Waals surface area contributed by atoms with Crippen LogP contribution in [0.25, 0.3) is 0 Å². The highest BCUT2D eigenvalue weighted by Gasteiger charge is 2.31. The van der Waals surface area contributed by atoms with E-state index < -0.39 is 6.36 Å². The van der Waals surface area contributed by atoms with Gasteiger partial charge in [-0.1, -0.05) is 18.2 Å². The summed E-state index contributed by atoms with van der Waals surface area (Å²) in [5.74, 6) is 0.890. The van der Waals surface area contributed by atoms with E-state index >= 15 is 0 Å². The maximum Gasteiger partial charge on any atom is 0.573 e. The third-order valence-electron chi connectivity index (χ3n) is 3.17. The van der Waals surface area contributed by atoms with Crippen molar-refractivity contribution in [3.8, 4) is 5.75 Å². The summed E-state index contributed by atoms with van der Waals surface area (Å²) in [7, 11) is 1.81. The molecule has 0 fully saturated rings. The number of hydrogen-bond donors (Lipinski definition) is 2. The van der Waals surface area contributed by atoms with Gasteiger partial charge in [-0.3, -0.25) is 0 Å². The van der Waals surface area contributed by atoms with Crippen LogP contribution in [-0.2, 0) is 20.1 Å². The zero-order valence-corrected chi connectivity index (χ0v) is 13.8. The van der Waals surface area contributed by atoms with Gasteiger partial charge in [0.05, 0.1) is 13.1 Å². The number of hydrogen-bond acceptors (Lipinski definition) is 4. The number of guanidine groups is 1. The quantitative estimate of drug-likeness (QED) is 0.611. The minimum absolute atomic E-state index is 0.0282. The Bertz CT molecular complexity index is 713. The van der Waals surface area contributed by atoms with Crippen LogP contribution in [0.1, 0.15) is 18.3 Å². The Morgan fingerprint density at radius 2 is 2.04 bits per heavy atom. The fourth-order valence-corrected chi connectivity index (χ4v) is 1.99. The molecule has 0 amide bonds. The van der Waals surface area contributed by atoms with Gasteiger partial charge in [-0.2, -0.15) is 0 Å². The lowest BCUT2D eigenvalue weighted by Crippen LogP contribution is -2.37. The monoisotopic (exact) mass is 356 g/mol. The molecular weight excluding hydrogens is 337 g/mol. The van der Waals surface area contributed by atoms with Crippen LogP contribution in [0.15, 0.2) is 35.6 Å². The van der Waals surface area contributed by atoms with E-state index in [-0.39, 0.29) is 12.3 Å². The zero-order valence-electron chi connectivity index (χ0n) is 13.8. The molecule has 0 saturated heterocycles. The van der Waals surface area contributed by atoms with E-state index in [0.717, 1.165) is 0 Å². The van der Waals surface area contributed by atoms with Crippen molar-refractivity contribution >= 4 is 5.96 Å². The topological polar surface area (TPSA) is 76.4 Å². The third-order valence-corrected chi connectivity index (χ3v) is 3.17. The fraction of sp³-hybridized carbons (Fsp3) is 0.400. The fourth-order valence-electron chi connectivity index (χ4n) is 1.99. The van der Waals surface area contributed by atoms with E-state index in [1.165, 1.54) is 18.2 Å². The van der Waals surface area contributed by atoms with Crippen LogP contribution >= 0.6 is 0 Å². The van der Waals surface area contributed by atoms with Crippen molar-refractivity contribution in [2.45, 2.75) is 26.4 Å². The van der Waals surface area contributed by atoms with E-state index in [1.54, 1.807) is 17.0 Å². The number of aromatic nitrogens is 3. The van der Waals surface area contributed by atoms with E-state index in [0.29, 0.717) is 30.4 Å². The molecule has 0 unspecified atom stereocenters. The summed E-state index contributed by atoms with van der Waals surface area (Å²) in [5.41, 5.74) is 0.329. The Balaban J connectivity index is 2.07. The van der Waals surface area contributed by atoms with Gasteiger partial charge in [0, 0.05) is 19.2 Å². The first-order valence-corrected chi connectivity index (χ1v) is 7.57. The van der Waals surface area contributed by atoms with Gasteiger partial charge in [0.2, 0.25) is 0 Å². The summed E-state index contributed by atoms with van der Waals surface area (Å²) in [6, 6.07) is 5.91. The molecule has 1 aromatic carbocycles. The number of halogens is 3. The van der Waals surface area contributed by atoms with Crippen molar-refractivity contribution in [2.75, 3.05) is 6.54 Å². The zero-order chi connectivity index (χ0) is 18.3. The van der Waals surface area contributed by atoms with E-state index in [2.05, 4.69) is 30.6 Å². The molecular formula is C15H19F3N6O. The maximum absolute atomic E-state index is 12.5. The molecule has 10 heteroatoms. The van der Waals surface area contributed by atoms with Crippen molar-refractivity contribution in [3.05, 3.63) is 42.0 Å². The Hall–Kier alpha value is -2.78. The van der Waals surface area contributed by atoms with Gasteiger partial charge in [-0.05, 0) is 13.0 Å². The average molecular weight is 356 g/mol. The Morgan fingerprint density at radius 3 is 2.68 bits per heavy atom. The van der Waals surface area contributed by atoms with Gasteiger partial charge in [0.1, 0.15) is 12.1 Å². The largest absolute Gasteiger partial charge is 0.573 e. The molecule has 0 atom stereocenters. The molecule has 0 aliphatic heterocycles. The van der Waals surface area contributed by atoms with Gasteiger partial charge in [0.15, 0.2) is 11.8 Å². The summed E-state index contributed by atoms with van der Waals surface area (Å²) in [6.07, 6.45) is -3.17. The van der Waals surface area contributed by atoms with E-state index in [9.17, 15) is 13.2 Å². The van der Waals surface area contributed by atoms with Crippen molar-refractivity contribution in [1.82, 2.24) is 25.4 Å². The van der Waals surface area contributed by atoms with Crippen LogP contribution < -0.4 is 15.4 Å². The highest BCUT2D eigenvalue weighted by atomic mass is 19.4. The predicted molar refractivity (Wildman–Crippen MR) is 85.8 cm³/mol. The summed E-state index contributed by atoms with van der Waals surface area (Å²) in [5, 5.41) is 13.8. The number of benzene rings is 1. The van der Waals surface area contributed by atoms with Crippen LogP contribution in [0, 0.1) is 0 Å². The Kier molecular flexibility index (Phi) is 6.20. The lowest BCUT2D eigenvalue weighted by atomic mass is 10.2. The normalized spacial score (nSPS) is 12.1. The number of aryl methyl sites for hydroxylation is 1. The molecule has 0 radical (unpaired) electrons. The number of alkyl halides is 3. The van der Waals surface area contributed by atoms with Gasteiger partial charge < -0.3 is 19.9 Å². The molecule has 0 saturated carbocycles. The molecule has 0 aliphatic carbocycles. The van der Waals surface area contributed by atoms with Gasteiger partial charge in [-0.15, -0.1) is 23.4 Å². The average Bonchev–Trinajstić information content (AvgIpc) is 2.95. The van der Waals surface area contributed by atoms with E-state index in [1.807, 2.05) is 14.0 Å². The molecule has 2 rings (SSSR count). The number of ether oxygens (including phenoxy) is 1. The van der Waals surface area contributed by atoms with E-state index in [4.69, 9.17) is 0 Å².